The van der Waals surface area contributed by atoms with Crippen molar-refractivity contribution in [3.63, 3.8) is 0 Å². The van der Waals surface area contributed by atoms with Gasteiger partial charge in [-0.15, -0.1) is 0 Å². The van der Waals surface area contributed by atoms with Crippen molar-refractivity contribution < 1.29 is 18.3 Å². The summed E-state index contributed by atoms with van der Waals surface area (Å²) < 4.78 is 34.9. The first-order valence-electron chi connectivity index (χ1n) is 10.9. The molecule has 1 fully saturated rings. The maximum absolute atomic E-state index is 14.0. The monoisotopic (exact) mass is 433 g/mol. The fourth-order valence-electron chi connectivity index (χ4n) is 4.21. The highest BCUT2D eigenvalue weighted by atomic mass is 19.1. The number of hydrogen-bond donors (Lipinski definition) is 3. The quantitative estimate of drug-likeness (QED) is 0.528. The van der Waals surface area contributed by atoms with E-state index in [1.807, 2.05) is 4.57 Å². The van der Waals surface area contributed by atoms with Gasteiger partial charge in [-0.05, 0) is 49.3 Å². The number of carbonyl (C=O) groups is 1. The van der Waals surface area contributed by atoms with Gasteiger partial charge in [-0.1, -0.05) is 0 Å². The van der Waals surface area contributed by atoms with Gasteiger partial charge < -0.3 is 25.3 Å². The summed E-state index contributed by atoms with van der Waals surface area (Å²) in [7, 11) is 0. The number of amides is 1. The molecule has 7 nitrogen and oxygen atoms in total. The number of benzene rings is 1. The lowest BCUT2D eigenvalue weighted by molar-refractivity contribution is -0.115. The molecular formula is C22H29F2N5O2. The van der Waals surface area contributed by atoms with E-state index in [1.165, 1.54) is 6.07 Å². The van der Waals surface area contributed by atoms with Crippen molar-refractivity contribution in [2.75, 3.05) is 31.6 Å². The second-order valence-corrected chi connectivity index (χ2v) is 8.23. The number of aromatic nitrogens is 2. The summed E-state index contributed by atoms with van der Waals surface area (Å²) in [5.41, 5.74) is 1.26. The zero-order chi connectivity index (χ0) is 21.6. The molecule has 0 saturated carbocycles. The fourth-order valence-corrected chi connectivity index (χ4v) is 4.21. The first kappa shape index (κ1) is 21.9. The van der Waals surface area contributed by atoms with Gasteiger partial charge >= 0.3 is 0 Å². The molecule has 2 aromatic rings. The Morgan fingerprint density at radius 1 is 1.29 bits per heavy atom. The number of nitrogens with zero attached hydrogens (tertiary/aromatic N) is 2. The number of ether oxygens (including phenoxy) is 1. The van der Waals surface area contributed by atoms with Crippen LogP contribution in [0, 0.1) is 11.6 Å². The van der Waals surface area contributed by atoms with E-state index in [4.69, 9.17) is 4.74 Å². The average Bonchev–Trinajstić information content (AvgIpc) is 3.42. The largest absolute Gasteiger partial charge is 0.377 e. The van der Waals surface area contributed by atoms with Crippen LogP contribution in [0.2, 0.25) is 0 Å². The molecule has 31 heavy (non-hydrogen) atoms. The summed E-state index contributed by atoms with van der Waals surface area (Å²) in [6.07, 6.45) is 7.83. The normalized spacial score (nSPS) is 20.6. The number of fused-ring (bicyclic) bond motifs is 1. The molecule has 9 heteroatoms. The summed E-state index contributed by atoms with van der Waals surface area (Å²) in [6, 6.07) is 2.29. The van der Waals surface area contributed by atoms with Crippen LogP contribution in [0.5, 0.6) is 0 Å². The van der Waals surface area contributed by atoms with Gasteiger partial charge in [0.05, 0.1) is 19.0 Å². The van der Waals surface area contributed by atoms with Crippen LogP contribution in [-0.4, -0.2) is 53.8 Å². The number of imidazole rings is 1. The Balaban J connectivity index is 1.16. The Kier molecular flexibility index (Phi) is 7.26. The third-order valence-corrected chi connectivity index (χ3v) is 5.86. The van der Waals surface area contributed by atoms with E-state index in [2.05, 4.69) is 20.9 Å². The van der Waals surface area contributed by atoms with Crippen molar-refractivity contribution in [1.29, 1.82) is 0 Å². The summed E-state index contributed by atoms with van der Waals surface area (Å²) in [5, 5.41) is 9.33. The zero-order valence-corrected chi connectivity index (χ0v) is 17.5. The Bertz CT molecular complexity index is 898. The van der Waals surface area contributed by atoms with E-state index < -0.39 is 11.6 Å². The van der Waals surface area contributed by atoms with E-state index >= 15 is 0 Å². The maximum Gasteiger partial charge on any atom is 0.239 e. The molecule has 0 spiro atoms. The van der Waals surface area contributed by atoms with Crippen LogP contribution in [0.3, 0.4) is 0 Å². The first-order chi connectivity index (χ1) is 15.1. The van der Waals surface area contributed by atoms with Gasteiger partial charge in [-0.2, -0.15) is 0 Å². The molecule has 2 aliphatic rings. The van der Waals surface area contributed by atoms with E-state index in [0.717, 1.165) is 57.1 Å². The van der Waals surface area contributed by atoms with Crippen molar-refractivity contribution in [2.24, 2.45) is 0 Å². The van der Waals surface area contributed by atoms with Crippen molar-refractivity contribution >= 4 is 11.7 Å². The molecule has 0 unspecified atom stereocenters. The first-order valence-corrected chi connectivity index (χ1v) is 10.9. The molecule has 2 atom stereocenters. The van der Waals surface area contributed by atoms with Gasteiger partial charge in [0.2, 0.25) is 5.91 Å². The molecule has 3 N–H and O–H groups in total. The van der Waals surface area contributed by atoms with Crippen molar-refractivity contribution in [3.05, 3.63) is 47.4 Å². The second kappa shape index (κ2) is 10.3. The number of carbonyl (C=O) groups excluding carboxylic acids is 1. The van der Waals surface area contributed by atoms with E-state index in [9.17, 15) is 13.6 Å². The highest BCUT2D eigenvalue weighted by molar-refractivity contribution is 5.91. The van der Waals surface area contributed by atoms with Crippen molar-refractivity contribution in [3.8, 4) is 0 Å². The van der Waals surface area contributed by atoms with Gasteiger partial charge in [0.25, 0.3) is 0 Å². The number of hydrogen-bond acceptors (Lipinski definition) is 5. The average molecular weight is 434 g/mol. The van der Waals surface area contributed by atoms with Gasteiger partial charge in [-0.3, -0.25) is 4.79 Å². The Labute approximate surface area is 180 Å². The minimum atomic E-state index is -0.542. The number of halogens is 2. The van der Waals surface area contributed by atoms with Crippen molar-refractivity contribution in [1.82, 2.24) is 20.2 Å². The smallest absolute Gasteiger partial charge is 0.239 e. The molecular weight excluding hydrogens is 404 g/mol. The lowest BCUT2D eigenvalue weighted by atomic mass is 9.88. The summed E-state index contributed by atoms with van der Waals surface area (Å²) in [6.45, 7) is 3.38. The van der Waals surface area contributed by atoms with Gasteiger partial charge in [-0.25, -0.2) is 13.8 Å². The van der Waals surface area contributed by atoms with Gasteiger partial charge in [0.1, 0.15) is 11.6 Å². The summed E-state index contributed by atoms with van der Waals surface area (Å²) in [5.74, 6) is -0.754. The molecule has 168 valence electrons. The van der Waals surface area contributed by atoms with Crippen LogP contribution in [0.25, 0.3) is 0 Å². The van der Waals surface area contributed by atoms with E-state index in [-0.39, 0.29) is 18.5 Å². The van der Waals surface area contributed by atoms with Gasteiger partial charge in [0, 0.05) is 44.5 Å². The summed E-state index contributed by atoms with van der Waals surface area (Å²) >= 11 is 0. The molecule has 0 bridgehead atoms. The van der Waals surface area contributed by atoms with Crippen LogP contribution in [0.4, 0.5) is 14.6 Å². The van der Waals surface area contributed by atoms with E-state index in [0.29, 0.717) is 30.3 Å². The van der Waals surface area contributed by atoms with Crippen LogP contribution in [0.15, 0.2) is 24.7 Å². The molecule has 4 rings (SSSR count). The predicted molar refractivity (Wildman–Crippen MR) is 113 cm³/mol. The van der Waals surface area contributed by atoms with Gasteiger partial charge in [0.15, 0.2) is 5.82 Å². The molecule has 1 aliphatic heterocycles. The molecule has 1 aliphatic carbocycles. The fraction of sp³-hybridized carbons (Fsp3) is 0.545. The molecule has 1 saturated heterocycles. The third kappa shape index (κ3) is 6.09. The lowest BCUT2D eigenvalue weighted by Gasteiger charge is -2.25. The van der Waals surface area contributed by atoms with Crippen LogP contribution in [-0.2, 0) is 28.9 Å². The Morgan fingerprint density at radius 2 is 2.19 bits per heavy atom. The second-order valence-electron chi connectivity index (χ2n) is 8.23. The SMILES string of the molecule is O=C(CN[C@H]1CCc2cc(F)cc(F)c2C1)Nc1cn(CCNC[C@H]2CCCO2)cn1. The highest BCUT2D eigenvalue weighted by Crippen LogP contribution is 2.25. The maximum atomic E-state index is 14.0. The molecule has 2 heterocycles. The number of aryl methyl sites for hydroxylation is 1. The topological polar surface area (TPSA) is 80.2 Å². The summed E-state index contributed by atoms with van der Waals surface area (Å²) in [4.78, 5) is 16.5. The molecule has 0 radical (unpaired) electrons. The zero-order valence-electron chi connectivity index (χ0n) is 17.5. The third-order valence-electron chi connectivity index (χ3n) is 5.86. The van der Waals surface area contributed by atoms with Crippen LogP contribution < -0.4 is 16.0 Å². The standard InChI is InChI=1S/C22H29F2N5O2/c23-16-8-15-3-4-17(10-19(15)20(24)9-16)26-12-22(30)28-21-13-29(14-27-21)6-5-25-11-18-2-1-7-31-18/h8-9,13-14,17-18,25-26H,1-7,10-12H2,(H,28,30)/t17-,18+/m0/s1. The van der Waals surface area contributed by atoms with Crippen LogP contribution in [0.1, 0.15) is 30.4 Å². The Hall–Kier alpha value is -2.36. The number of nitrogens with one attached hydrogen (secondary N) is 3. The number of rotatable bonds is 9. The molecule has 1 amide bonds. The molecule has 1 aromatic heterocycles. The minimum Gasteiger partial charge on any atom is -0.377 e. The predicted octanol–water partition coefficient (Wildman–Crippen LogP) is 2.02. The lowest BCUT2D eigenvalue weighted by Crippen LogP contribution is -2.39. The van der Waals surface area contributed by atoms with Crippen LogP contribution >= 0.6 is 0 Å². The number of anilines is 1. The van der Waals surface area contributed by atoms with E-state index in [1.54, 1.807) is 12.5 Å². The molecule has 1 aromatic carbocycles. The Morgan fingerprint density at radius 3 is 3.03 bits per heavy atom. The minimum absolute atomic E-state index is 0.0225. The highest BCUT2D eigenvalue weighted by Gasteiger charge is 2.22. The van der Waals surface area contributed by atoms with Crippen molar-refractivity contribution in [2.45, 2.75) is 50.8 Å².